The molecule has 0 spiro atoms. The first kappa shape index (κ1) is 24.5. The summed E-state index contributed by atoms with van der Waals surface area (Å²) >= 11 is 8.22. The van der Waals surface area contributed by atoms with E-state index in [4.69, 9.17) is 4.74 Å². The van der Waals surface area contributed by atoms with Crippen molar-refractivity contribution >= 4 is 55.2 Å². The molecular formula is C25H22Br2N4O2S. The molecule has 3 aromatic carbocycles. The summed E-state index contributed by atoms with van der Waals surface area (Å²) < 4.78 is 9.77. The SMILES string of the molecule is Cc1cccc(C)c1OCc1nnc(SCC(=O)Nc2cc(Br)ccc2Br)n1-c1ccccc1. The summed E-state index contributed by atoms with van der Waals surface area (Å²) in [5, 5.41) is 12.3. The zero-order valence-electron chi connectivity index (χ0n) is 18.6. The van der Waals surface area contributed by atoms with Gasteiger partial charge in [-0.15, -0.1) is 10.2 Å². The zero-order valence-corrected chi connectivity index (χ0v) is 22.6. The van der Waals surface area contributed by atoms with Crippen molar-refractivity contribution in [2.75, 3.05) is 11.1 Å². The van der Waals surface area contributed by atoms with Crippen LogP contribution in [0.2, 0.25) is 0 Å². The molecule has 0 unspecified atom stereocenters. The van der Waals surface area contributed by atoms with Crippen molar-refractivity contribution in [1.82, 2.24) is 14.8 Å². The van der Waals surface area contributed by atoms with Crippen LogP contribution < -0.4 is 10.1 Å². The Bertz CT molecular complexity index is 1290. The number of hydrogen-bond acceptors (Lipinski definition) is 5. The molecule has 6 nitrogen and oxygen atoms in total. The Balaban J connectivity index is 1.52. The average molecular weight is 602 g/mol. The minimum atomic E-state index is -0.139. The van der Waals surface area contributed by atoms with Crippen molar-refractivity contribution in [2.24, 2.45) is 0 Å². The Morgan fingerprint density at radius 3 is 2.47 bits per heavy atom. The van der Waals surface area contributed by atoms with E-state index in [-0.39, 0.29) is 18.3 Å². The van der Waals surface area contributed by atoms with E-state index in [1.54, 1.807) is 0 Å². The summed E-state index contributed by atoms with van der Waals surface area (Å²) in [5.74, 6) is 1.55. The van der Waals surface area contributed by atoms with Crippen LogP contribution in [0.25, 0.3) is 5.69 Å². The summed E-state index contributed by atoms with van der Waals surface area (Å²) in [5.41, 5.74) is 3.74. The lowest BCUT2D eigenvalue weighted by atomic mass is 10.1. The average Bonchev–Trinajstić information content (AvgIpc) is 3.23. The minimum absolute atomic E-state index is 0.139. The predicted molar refractivity (Wildman–Crippen MR) is 143 cm³/mol. The van der Waals surface area contributed by atoms with Crippen LogP contribution in [0, 0.1) is 13.8 Å². The van der Waals surface area contributed by atoms with Gasteiger partial charge in [-0.3, -0.25) is 9.36 Å². The number of nitrogens with one attached hydrogen (secondary N) is 1. The van der Waals surface area contributed by atoms with E-state index in [1.165, 1.54) is 11.8 Å². The maximum absolute atomic E-state index is 12.6. The van der Waals surface area contributed by atoms with Gasteiger partial charge in [0.25, 0.3) is 0 Å². The molecule has 0 aliphatic carbocycles. The number of hydrogen-bond donors (Lipinski definition) is 1. The Labute approximate surface area is 219 Å². The maximum Gasteiger partial charge on any atom is 0.234 e. The fraction of sp³-hybridized carbons (Fsp3) is 0.160. The highest BCUT2D eigenvalue weighted by atomic mass is 79.9. The summed E-state index contributed by atoms with van der Waals surface area (Å²) in [6.07, 6.45) is 0. The van der Waals surface area contributed by atoms with Crippen LogP contribution >= 0.6 is 43.6 Å². The third-order valence-electron chi connectivity index (χ3n) is 5.00. The third-order valence-corrected chi connectivity index (χ3v) is 7.12. The first-order valence-corrected chi connectivity index (χ1v) is 13.1. The lowest BCUT2D eigenvalue weighted by molar-refractivity contribution is -0.113. The molecule has 9 heteroatoms. The molecule has 0 aliphatic rings. The van der Waals surface area contributed by atoms with Gasteiger partial charge < -0.3 is 10.1 Å². The van der Waals surface area contributed by atoms with E-state index in [1.807, 2.05) is 85.1 Å². The van der Waals surface area contributed by atoms with Crippen LogP contribution in [0.4, 0.5) is 5.69 Å². The summed E-state index contributed by atoms with van der Waals surface area (Å²) in [6.45, 7) is 4.30. The van der Waals surface area contributed by atoms with Gasteiger partial charge in [0.05, 0.1) is 11.4 Å². The Morgan fingerprint density at radius 2 is 1.74 bits per heavy atom. The van der Waals surface area contributed by atoms with Gasteiger partial charge in [-0.05, 0) is 71.2 Å². The van der Waals surface area contributed by atoms with E-state index < -0.39 is 0 Å². The highest BCUT2D eigenvalue weighted by molar-refractivity contribution is 9.11. The van der Waals surface area contributed by atoms with Crippen LogP contribution in [0.15, 0.2) is 80.8 Å². The zero-order chi connectivity index (χ0) is 24.1. The summed E-state index contributed by atoms with van der Waals surface area (Å²) in [4.78, 5) is 12.6. The number of rotatable bonds is 8. The molecule has 0 saturated carbocycles. The number of aromatic nitrogens is 3. The smallest absolute Gasteiger partial charge is 0.234 e. The molecule has 4 rings (SSSR count). The van der Waals surface area contributed by atoms with Gasteiger partial charge in [-0.2, -0.15) is 0 Å². The van der Waals surface area contributed by atoms with Gasteiger partial charge in [0.1, 0.15) is 12.4 Å². The Kier molecular flexibility index (Phi) is 8.07. The molecule has 0 saturated heterocycles. The number of ether oxygens (including phenoxy) is 1. The van der Waals surface area contributed by atoms with Gasteiger partial charge in [0.2, 0.25) is 5.91 Å². The van der Waals surface area contributed by atoms with Gasteiger partial charge in [0, 0.05) is 14.6 Å². The van der Waals surface area contributed by atoms with Gasteiger partial charge >= 0.3 is 0 Å². The van der Waals surface area contributed by atoms with Crippen molar-refractivity contribution < 1.29 is 9.53 Å². The van der Waals surface area contributed by atoms with E-state index in [0.717, 1.165) is 31.5 Å². The van der Waals surface area contributed by atoms with Crippen LogP contribution in [0.1, 0.15) is 17.0 Å². The molecule has 0 fully saturated rings. The standard InChI is InChI=1S/C25H22Br2N4O2S/c1-16-7-6-8-17(2)24(16)33-14-22-29-30-25(31(22)19-9-4-3-5-10-19)34-15-23(32)28-21-13-18(26)11-12-20(21)27/h3-13H,14-15H2,1-2H3,(H,28,32). The van der Waals surface area contributed by atoms with Crippen LogP contribution in [-0.4, -0.2) is 26.4 Å². The van der Waals surface area contributed by atoms with Gasteiger partial charge in [-0.1, -0.05) is 64.1 Å². The molecule has 0 bridgehead atoms. The van der Waals surface area contributed by atoms with Gasteiger partial charge in [-0.25, -0.2) is 0 Å². The van der Waals surface area contributed by atoms with Crippen molar-refractivity contribution in [3.8, 4) is 11.4 Å². The number of aryl methyl sites for hydroxylation is 2. The van der Waals surface area contributed by atoms with E-state index in [2.05, 4.69) is 47.4 Å². The monoisotopic (exact) mass is 600 g/mol. The second-order valence-corrected chi connectivity index (χ2v) is 10.3. The molecular weight excluding hydrogens is 580 g/mol. The quantitative estimate of drug-likeness (QED) is 0.227. The highest BCUT2D eigenvalue weighted by Crippen LogP contribution is 2.28. The Hall–Kier alpha value is -2.62. The largest absolute Gasteiger partial charge is 0.485 e. The molecule has 1 aromatic heterocycles. The number of anilines is 1. The number of thioether (sulfide) groups is 1. The number of carbonyl (C=O) groups excluding carboxylic acids is 1. The van der Waals surface area contributed by atoms with Crippen molar-refractivity contribution in [2.45, 2.75) is 25.6 Å². The topological polar surface area (TPSA) is 69.0 Å². The number of benzene rings is 3. The van der Waals surface area contributed by atoms with E-state index in [9.17, 15) is 4.79 Å². The molecule has 0 atom stereocenters. The van der Waals surface area contributed by atoms with Crippen molar-refractivity contribution in [1.29, 1.82) is 0 Å². The molecule has 4 aromatic rings. The first-order chi connectivity index (χ1) is 16.4. The fourth-order valence-corrected chi connectivity index (χ4v) is 4.87. The second kappa shape index (κ2) is 11.2. The molecule has 1 N–H and O–H groups in total. The van der Waals surface area contributed by atoms with Crippen molar-refractivity contribution in [3.05, 3.63) is 92.6 Å². The number of nitrogens with zero attached hydrogens (tertiary/aromatic N) is 3. The van der Waals surface area contributed by atoms with Gasteiger partial charge in [0.15, 0.2) is 11.0 Å². The highest BCUT2D eigenvalue weighted by Gasteiger charge is 2.17. The van der Waals surface area contributed by atoms with Crippen LogP contribution in [0.5, 0.6) is 5.75 Å². The second-order valence-electron chi connectivity index (χ2n) is 7.54. The summed E-state index contributed by atoms with van der Waals surface area (Å²) in [7, 11) is 0. The first-order valence-electron chi connectivity index (χ1n) is 10.5. The molecule has 1 amide bonds. The third kappa shape index (κ3) is 5.89. The molecule has 0 aliphatic heterocycles. The molecule has 34 heavy (non-hydrogen) atoms. The Morgan fingerprint density at radius 1 is 1.00 bits per heavy atom. The van der Waals surface area contributed by atoms with E-state index >= 15 is 0 Å². The lowest BCUT2D eigenvalue weighted by Gasteiger charge is -2.13. The lowest BCUT2D eigenvalue weighted by Crippen LogP contribution is -2.15. The number of halogens is 2. The normalized spacial score (nSPS) is 10.8. The van der Waals surface area contributed by atoms with Crippen LogP contribution in [-0.2, 0) is 11.4 Å². The fourth-order valence-electron chi connectivity index (χ4n) is 3.40. The molecule has 1 heterocycles. The van der Waals surface area contributed by atoms with Crippen molar-refractivity contribution in [3.63, 3.8) is 0 Å². The number of amides is 1. The molecule has 174 valence electrons. The predicted octanol–water partition coefficient (Wildman–Crippen LogP) is 6.72. The number of carbonyl (C=O) groups is 1. The molecule has 0 radical (unpaired) electrons. The van der Waals surface area contributed by atoms with E-state index in [0.29, 0.717) is 16.7 Å². The minimum Gasteiger partial charge on any atom is -0.485 e. The summed E-state index contributed by atoms with van der Waals surface area (Å²) in [6, 6.07) is 21.5. The number of para-hydroxylation sites is 2. The van der Waals surface area contributed by atoms with Crippen LogP contribution in [0.3, 0.4) is 0 Å². The maximum atomic E-state index is 12.6.